The predicted octanol–water partition coefficient (Wildman–Crippen LogP) is 4.38. The Hall–Kier alpha value is -4.73. The first kappa shape index (κ1) is 24.4. The normalized spacial score (nSPS) is 11.1. The van der Waals surface area contributed by atoms with Gasteiger partial charge < -0.3 is 19.6 Å². The van der Waals surface area contributed by atoms with E-state index < -0.39 is 10.8 Å². The molecule has 0 aliphatic carbocycles. The molecule has 10 nitrogen and oxygen atoms in total. The summed E-state index contributed by atoms with van der Waals surface area (Å²) >= 11 is 0. The van der Waals surface area contributed by atoms with Gasteiger partial charge in [-0.1, -0.05) is 42.5 Å². The number of carbonyl (C=O) groups is 1. The molecule has 0 bridgehead atoms. The van der Waals surface area contributed by atoms with Crippen molar-refractivity contribution in [3.05, 3.63) is 93.7 Å². The van der Waals surface area contributed by atoms with Crippen LogP contribution in [0.1, 0.15) is 23.7 Å². The first-order chi connectivity index (χ1) is 17.4. The first-order valence-electron chi connectivity index (χ1n) is 11.3. The summed E-state index contributed by atoms with van der Waals surface area (Å²) in [6.07, 6.45) is 1.48. The molecule has 0 saturated heterocycles. The van der Waals surface area contributed by atoms with Crippen LogP contribution in [0, 0.1) is 17.0 Å². The van der Waals surface area contributed by atoms with Crippen LogP contribution in [-0.4, -0.2) is 33.4 Å². The molecule has 1 heterocycles. The maximum atomic E-state index is 12.2. The van der Waals surface area contributed by atoms with Crippen LogP contribution in [0.2, 0.25) is 0 Å². The van der Waals surface area contributed by atoms with E-state index in [4.69, 9.17) is 9.47 Å². The predicted molar refractivity (Wildman–Crippen MR) is 135 cm³/mol. The van der Waals surface area contributed by atoms with Gasteiger partial charge >= 0.3 is 5.82 Å². The van der Waals surface area contributed by atoms with Gasteiger partial charge in [0.2, 0.25) is 0 Å². The molecule has 0 fully saturated rings. The van der Waals surface area contributed by atoms with Crippen molar-refractivity contribution in [2.24, 2.45) is 5.10 Å². The Morgan fingerprint density at radius 2 is 1.92 bits per heavy atom. The smallest absolute Gasteiger partial charge is 0.390 e. The molecular weight excluding hydrogens is 462 g/mol. The van der Waals surface area contributed by atoms with Crippen molar-refractivity contribution in [2.45, 2.75) is 27.0 Å². The van der Waals surface area contributed by atoms with Gasteiger partial charge in [0.1, 0.15) is 13.2 Å². The van der Waals surface area contributed by atoms with Crippen LogP contribution in [0.5, 0.6) is 11.5 Å². The van der Waals surface area contributed by atoms with E-state index >= 15 is 0 Å². The van der Waals surface area contributed by atoms with Crippen LogP contribution in [-0.2, 0) is 17.9 Å². The fraction of sp³-hybridized carbons (Fsp3) is 0.192. The summed E-state index contributed by atoms with van der Waals surface area (Å²) in [4.78, 5) is 22.4. The molecule has 10 heteroatoms. The second kappa shape index (κ2) is 11.1. The Bertz CT molecular complexity index is 1420. The molecule has 184 valence electrons. The van der Waals surface area contributed by atoms with Gasteiger partial charge in [-0.2, -0.15) is 9.78 Å². The molecule has 0 aliphatic heterocycles. The summed E-state index contributed by atoms with van der Waals surface area (Å²) < 4.78 is 13.1. The number of nitrogens with zero attached hydrogens (tertiary/aromatic N) is 4. The lowest BCUT2D eigenvalue weighted by molar-refractivity contribution is -0.389. The molecule has 0 unspecified atom stereocenters. The molecule has 0 saturated carbocycles. The molecule has 0 atom stereocenters. The minimum Gasteiger partial charge on any atom is -0.490 e. The highest BCUT2D eigenvalue weighted by Crippen LogP contribution is 2.30. The van der Waals surface area contributed by atoms with Crippen molar-refractivity contribution in [3.8, 4) is 11.5 Å². The van der Waals surface area contributed by atoms with E-state index in [0.29, 0.717) is 36.0 Å². The number of rotatable bonds is 10. The van der Waals surface area contributed by atoms with E-state index in [-0.39, 0.29) is 12.4 Å². The number of aromatic nitrogens is 2. The van der Waals surface area contributed by atoms with Gasteiger partial charge in [-0.15, -0.1) is 0 Å². The highest BCUT2D eigenvalue weighted by molar-refractivity contribution is 5.85. The molecule has 0 aliphatic rings. The van der Waals surface area contributed by atoms with Crippen LogP contribution < -0.4 is 14.9 Å². The third-order valence-corrected chi connectivity index (χ3v) is 5.38. The zero-order valence-electron chi connectivity index (χ0n) is 19.9. The lowest BCUT2D eigenvalue weighted by Crippen LogP contribution is -2.24. The average Bonchev–Trinajstić information content (AvgIpc) is 3.24. The van der Waals surface area contributed by atoms with Crippen LogP contribution in [0.4, 0.5) is 5.82 Å². The third-order valence-electron chi connectivity index (χ3n) is 5.38. The number of fused-ring (bicyclic) bond motifs is 1. The lowest BCUT2D eigenvalue weighted by Gasteiger charge is -2.13. The van der Waals surface area contributed by atoms with Gasteiger partial charge in [0.15, 0.2) is 11.5 Å². The van der Waals surface area contributed by atoms with Gasteiger partial charge in [0.25, 0.3) is 5.91 Å². The number of hydrogen-bond donors (Lipinski definition) is 1. The quantitative estimate of drug-likeness (QED) is 0.201. The maximum Gasteiger partial charge on any atom is 0.390 e. The minimum atomic E-state index is -0.606. The van der Waals surface area contributed by atoms with Crippen LogP contribution in [0.3, 0.4) is 0 Å². The number of carbonyl (C=O) groups excluding carboxylic acids is 1. The highest BCUT2D eigenvalue weighted by Gasteiger charge is 2.17. The molecule has 1 aromatic heterocycles. The molecule has 1 N–H and O–H groups in total. The van der Waals surface area contributed by atoms with E-state index in [1.807, 2.05) is 31.2 Å². The Balaban J connectivity index is 1.40. The summed E-state index contributed by atoms with van der Waals surface area (Å²) in [7, 11) is 0. The third kappa shape index (κ3) is 5.84. The van der Waals surface area contributed by atoms with Crippen molar-refractivity contribution in [1.29, 1.82) is 0 Å². The molecule has 36 heavy (non-hydrogen) atoms. The first-order valence-corrected chi connectivity index (χ1v) is 11.3. The monoisotopic (exact) mass is 487 g/mol. The number of ether oxygens (including phenoxy) is 2. The Labute approximate surface area is 207 Å². The van der Waals surface area contributed by atoms with Crippen LogP contribution in [0.25, 0.3) is 10.8 Å². The summed E-state index contributed by atoms with van der Waals surface area (Å²) in [6.45, 7) is 4.17. The molecule has 4 rings (SSSR count). The summed E-state index contributed by atoms with van der Waals surface area (Å²) in [5.41, 5.74) is 4.67. The Kier molecular flexibility index (Phi) is 7.54. The molecule has 0 radical (unpaired) electrons. The number of nitro groups is 1. The zero-order valence-corrected chi connectivity index (χ0v) is 19.9. The van der Waals surface area contributed by atoms with E-state index in [0.717, 1.165) is 16.3 Å². The minimum absolute atomic E-state index is 0.192. The molecule has 0 spiro atoms. The summed E-state index contributed by atoms with van der Waals surface area (Å²) in [5.74, 6) is 0.386. The largest absolute Gasteiger partial charge is 0.490 e. The van der Waals surface area contributed by atoms with Gasteiger partial charge in [-0.25, -0.2) is 5.43 Å². The number of nitrogens with one attached hydrogen (secondary N) is 1. The number of hydrogen-bond acceptors (Lipinski definition) is 7. The van der Waals surface area contributed by atoms with Gasteiger partial charge in [0, 0.05) is 0 Å². The van der Waals surface area contributed by atoms with Gasteiger partial charge in [-0.05, 0) is 58.9 Å². The summed E-state index contributed by atoms with van der Waals surface area (Å²) in [5, 5.41) is 20.9. The van der Waals surface area contributed by atoms with Crippen molar-refractivity contribution in [2.75, 3.05) is 6.61 Å². The highest BCUT2D eigenvalue weighted by atomic mass is 16.6. The Morgan fingerprint density at radius 3 is 2.69 bits per heavy atom. The fourth-order valence-electron chi connectivity index (χ4n) is 3.66. The van der Waals surface area contributed by atoms with Crippen molar-refractivity contribution in [1.82, 2.24) is 15.2 Å². The van der Waals surface area contributed by atoms with E-state index in [1.165, 1.54) is 17.0 Å². The maximum absolute atomic E-state index is 12.2. The zero-order chi connectivity index (χ0) is 25.5. The van der Waals surface area contributed by atoms with E-state index in [2.05, 4.69) is 33.8 Å². The molecule has 3 aromatic carbocycles. The Morgan fingerprint density at radius 1 is 1.11 bits per heavy atom. The topological polar surface area (TPSA) is 121 Å². The van der Waals surface area contributed by atoms with Crippen LogP contribution >= 0.6 is 0 Å². The number of hydrazone groups is 1. The molecular formula is C26H25N5O5. The van der Waals surface area contributed by atoms with E-state index in [1.54, 1.807) is 25.1 Å². The second-order valence-corrected chi connectivity index (χ2v) is 7.92. The second-order valence-electron chi connectivity index (χ2n) is 7.92. The van der Waals surface area contributed by atoms with Crippen molar-refractivity contribution < 1.29 is 19.2 Å². The number of benzene rings is 3. The van der Waals surface area contributed by atoms with E-state index in [9.17, 15) is 14.9 Å². The SMILES string of the molecule is CCOc1cc(/C=N/NC(=O)Cn2nc([N+](=O)[O-])cc2C)ccc1OCc1cccc2ccccc12. The molecule has 4 aromatic rings. The standard InChI is InChI=1S/C26H25N5O5/c1-3-35-24-14-19(15-27-28-26(32)16-30-18(2)13-25(29-30)31(33)34)11-12-23(24)36-17-21-9-6-8-20-7-4-5-10-22(20)21/h4-15H,3,16-17H2,1-2H3,(H,28,32)/b27-15+. The van der Waals surface area contributed by atoms with Crippen LogP contribution in [0.15, 0.2) is 71.8 Å². The lowest BCUT2D eigenvalue weighted by atomic mass is 10.1. The number of aryl methyl sites for hydroxylation is 1. The van der Waals surface area contributed by atoms with Gasteiger partial charge in [0.05, 0.1) is 29.7 Å². The van der Waals surface area contributed by atoms with Crippen molar-refractivity contribution >= 4 is 28.7 Å². The number of amides is 1. The van der Waals surface area contributed by atoms with Crippen molar-refractivity contribution in [3.63, 3.8) is 0 Å². The summed E-state index contributed by atoms with van der Waals surface area (Å²) in [6, 6.07) is 20.9. The average molecular weight is 488 g/mol. The fourth-order valence-corrected chi connectivity index (χ4v) is 3.66. The van der Waals surface area contributed by atoms with Gasteiger partial charge in [-0.3, -0.25) is 4.79 Å². The molecule has 1 amide bonds.